The summed E-state index contributed by atoms with van der Waals surface area (Å²) < 4.78 is 20.8. The van der Waals surface area contributed by atoms with Gasteiger partial charge in [-0.2, -0.15) is 0 Å². The molecule has 0 saturated carbocycles. The van der Waals surface area contributed by atoms with Crippen molar-refractivity contribution in [2.45, 2.75) is 12.1 Å². The van der Waals surface area contributed by atoms with Crippen LogP contribution in [0.3, 0.4) is 0 Å². The number of piperazine rings is 1. The number of hydrogen-bond acceptors (Lipinski definition) is 7. The molecule has 2 aromatic carbocycles. The second kappa shape index (κ2) is 11.4. The van der Waals surface area contributed by atoms with E-state index in [0.717, 1.165) is 22.7 Å². The van der Waals surface area contributed by atoms with Crippen LogP contribution in [-0.4, -0.2) is 69.1 Å². The van der Waals surface area contributed by atoms with Gasteiger partial charge in [0.25, 0.3) is 0 Å². The van der Waals surface area contributed by atoms with Crippen molar-refractivity contribution in [2.75, 3.05) is 43.4 Å². The van der Waals surface area contributed by atoms with Crippen molar-refractivity contribution in [3.05, 3.63) is 78.9 Å². The van der Waals surface area contributed by atoms with Gasteiger partial charge in [0.2, 0.25) is 5.91 Å². The molecule has 37 heavy (non-hydrogen) atoms. The second-order valence-electron chi connectivity index (χ2n) is 8.44. The molecule has 8 nitrogen and oxygen atoms in total. The molecule has 0 N–H and O–H groups in total. The zero-order chi connectivity index (χ0) is 25.6. The number of amides is 1. The van der Waals surface area contributed by atoms with Crippen LogP contribution in [0.2, 0.25) is 0 Å². The molecule has 2 aromatic heterocycles. The van der Waals surface area contributed by atoms with E-state index in [9.17, 15) is 9.18 Å². The molecule has 3 heterocycles. The minimum absolute atomic E-state index is 0.0490. The average molecular weight is 519 g/mol. The SMILES string of the molecule is CCOc1ccc(-n2c(SCC(=O)N3CCN(c4ccc(F)cc4)CC3)nnc2-c2cccnc2)cc1. The molecule has 0 radical (unpaired) electrons. The lowest BCUT2D eigenvalue weighted by Gasteiger charge is -2.36. The van der Waals surface area contributed by atoms with Crippen molar-refractivity contribution in [2.24, 2.45) is 0 Å². The third-order valence-corrected chi connectivity index (χ3v) is 7.02. The van der Waals surface area contributed by atoms with Crippen molar-refractivity contribution >= 4 is 23.4 Å². The predicted octanol–water partition coefficient (Wildman–Crippen LogP) is 4.31. The van der Waals surface area contributed by atoms with Gasteiger partial charge in [0, 0.05) is 55.5 Å². The van der Waals surface area contributed by atoms with Crippen molar-refractivity contribution in [1.29, 1.82) is 0 Å². The first-order valence-corrected chi connectivity index (χ1v) is 13.1. The smallest absolute Gasteiger partial charge is 0.233 e. The standard InChI is InChI=1S/C27H27FN6O2S/c1-2-36-24-11-9-23(10-12-24)34-26(20-4-3-13-29-18-20)30-31-27(34)37-19-25(35)33-16-14-32(15-17-33)22-7-5-21(28)6-8-22/h3-13,18H,2,14-17,19H2,1H3. The van der Waals surface area contributed by atoms with Crippen molar-refractivity contribution < 1.29 is 13.9 Å². The number of thioether (sulfide) groups is 1. The Hall–Kier alpha value is -3.92. The summed E-state index contributed by atoms with van der Waals surface area (Å²) in [7, 11) is 0. The maximum absolute atomic E-state index is 13.2. The molecule has 1 saturated heterocycles. The van der Waals surface area contributed by atoms with Crippen LogP contribution < -0.4 is 9.64 Å². The topological polar surface area (TPSA) is 76.4 Å². The summed E-state index contributed by atoms with van der Waals surface area (Å²) in [5.41, 5.74) is 2.67. The van der Waals surface area contributed by atoms with Crippen LogP contribution in [0, 0.1) is 5.82 Å². The number of carbonyl (C=O) groups is 1. The van der Waals surface area contributed by atoms with Gasteiger partial charge in [-0.05, 0) is 67.6 Å². The molecule has 10 heteroatoms. The average Bonchev–Trinajstić information content (AvgIpc) is 3.37. The van der Waals surface area contributed by atoms with Gasteiger partial charge in [0.1, 0.15) is 11.6 Å². The number of pyridine rings is 1. The first-order chi connectivity index (χ1) is 18.1. The van der Waals surface area contributed by atoms with Gasteiger partial charge in [-0.15, -0.1) is 10.2 Å². The van der Waals surface area contributed by atoms with E-state index >= 15 is 0 Å². The van der Waals surface area contributed by atoms with Crippen LogP contribution >= 0.6 is 11.8 Å². The van der Waals surface area contributed by atoms with E-state index < -0.39 is 0 Å². The molecule has 1 fully saturated rings. The number of hydrogen-bond donors (Lipinski definition) is 0. The molecular formula is C27H27FN6O2S. The molecule has 1 aliphatic rings. The Balaban J connectivity index is 1.29. The Morgan fingerprint density at radius 3 is 2.38 bits per heavy atom. The Labute approximate surface area is 219 Å². The highest BCUT2D eigenvalue weighted by molar-refractivity contribution is 7.99. The number of rotatable bonds is 8. The maximum atomic E-state index is 13.2. The van der Waals surface area contributed by atoms with E-state index in [4.69, 9.17) is 4.74 Å². The van der Waals surface area contributed by atoms with E-state index in [0.29, 0.717) is 43.8 Å². The van der Waals surface area contributed by atoms with Gasteiger partial charge in [-0.25, -0.2) is 4.39 Å². The van der Waals surface area contributed by atoms with Crippen LogP contribution in [0.5, 0.6) is 5.75 Å². The highest BCUT2D eigenvalue weighted by atomic mass is 32.2. The van der Waals surface area contributed by atoms with Gasteiger partial charge in [0.05, 0.1) is 12.4 Å². The lowest BCUT2D eigenvalue weighted by atomic mass is 10.2. The summed E-state index contributed by atoms with van der Waals surface area (Å²) in [6.45, 7) is 5.18. The van der Waals surface area contributed by atoms with Crippen LogP contribution in [0.25, 0.3) is 17.1 Å². The Morgan fingerprint density at radius 2 is 1.70 bits per heavy atom. The molecule has 0 unspecified atom stereocenters. The molecule has 0 bridgehead atoms. The van der Waals surface area contributed by atoms with Crippen LogP contribution in [-0.2, 0) is 4.79 Å². The van der Waals surface area contributed by atoms with E-state index in [1.54, 1.807) is 24.5 Å². The zero-order valence-corrected chi connectivity index (χ0v) is 21.3. The lowest BCUT2D eigenvalue weighted by Crippen LogP contribution is -2.49. The fourth-order valence-corrected chi connectivity index (χ4v) is 5.07. The molecule has 190 valence electrons. The summed E-state index contributed by atoms with van der Waals surface area (Å²) in [6.07, 6.45) is 3.46. The normalized spacial score (nSPS) is 13.6. The molecule has 4 aromatic rings. The summed E-state index contributed by atoms with van der Waals surface area (Å²) in [4.78, 5) is 21.3. The third kappa shape index (κ3) is 5.75. The van der Waals surface area contributed by atoms with Crippen molar-refractivity contribution in [3.63, 3.8) is 0 Å². The fraction of sp³-hybridized carbons (Fsp3) is 0.259. The quantitative estimate of drug-likeness (QED) is 0.322. The molecule has 5 rings (SSSR count). The first-order valence-electron chi connectivity index (χ1n) is 12.1. The minimum atomic E-state index is -0.251. The number of carbonyl (C=O) groups excluding carboxylic acids is 1. The fourth-order valence-electron chi connectivity index (χ4n) is 4.22. The molecular weight excluding hydrogens is 491 g/mol. The van der Waals surface area contributed by atoms with E-state index in [-0.39, 0.29) is 17.5 Å². The van der Waals surface area contributed by atoms with E-state index in [1.807, 2.05) is 52.8 Å². The first kappa shape index (κ1) is 24.8. The van der Waals surface area contributed by atoms with E-state index in [1.165, 1.54) is 23.9 Å². The number of ether oxygens (including phenoxy) is 1. The highest BCUT2D eigenvalue weighted by Crippen LogP contribution is 2.29. The molecule has 1 amide bonds. The Bertz CT molecular complexity index is 1320. The number of aromatic nitrogens is 4. The van der Waals surface area contributed by atoms with Gasteiger partial charge >= 0.3 is 0 Å². The van der Waals surface area contributed by atoms with Gasteiger partial charge in [-0.1, -0.05) is 11.8 Å². The number of benzene rings is 2. The summed E-state index contributed by atoms with van der Waals surface area (Å²) >= 11 is 1.36. The molecule has 0 spiro atoms. The Morgan fingerprint density at radius 1 is 0.973 bits per heavy atom. The van der Waals surface area contributed by atoms with Crippen LogP contribution in [0.1, 0.15) is 6.92 Å². The molecule has 1 aliphatic heterocycles. The third-order valence-electron chi connectivity index (χ3n) is 6.11. The molecule has 0 aliphatic carbocycles. The monoisotopic (exact) mass is 518 g/mol. The maximum Gasteiger partial charge on any atom is 0.233 e. The zero-order valence-electron chi connectivity index (χ0n) is 20.5. The summed E-state index contributed by atoms with van der Waals surface area (Å²) in [5.74, 6) is 1.48. The minimum Gasteiger partial charge on any atom is -0.494 e. The predicted molar refractivity (Wildman–Crippen MR) is 142 cm³/mol. The summed E-state index contributed by atoms with van der Waals surface area (Å²) in [5, 5.41) is 9.46. The Kier molecular flexibility index (Phi) is 7.65. The largest absolute Gasteiger partial charge is 0.494 e. The van der Waals surface area contributed by atoms with E-state index in [2.05, 4.69) is 20.1 Å². The number of halogens is 1. The second-order valence-corrected chi connectivity index (χ2v) is 9.39. The number of anilines is 1. The van der Waals surface area contributed by atoms with Gasteiger partial charge in [-0.3, -0.25) is 14.3 Å². The van der Waals surface area contributed by atoms with Gasteiger partial charge < -0.3 is 14.5 Å². The highest BCUT2D eigenvalue weighted by Gasteiger charge is 2.23. The number of nitrogens with zero attached hydrogens (tertiary/aromatic N) is 6. The van der Waals surface area contributed by atoms with Crippen molar-refractivity contribution in [3.8, 4) is 22.8 Å². The van der Waals surface area contributed by atoms with Gasteiger partial charge in [0.15, 0.2) is 11.0 Å². The lowest BCUT2D eigenvalue weighted by molar-refractivity contribution is -0.128. The van der Waals surface area contributed by atoms with Crippen molar-refractivity contribution in [1.82, 2.24) is 24.6 Å². The van der Waals surface area contributed by atoms with Crippen LogP contribution in [0.4, 0.5) is 10.1 Å². The summed E-state index contributed by atoms with van der Waals surface area (Å²) in [6, 6.07) is 18.0. The molecule has 0 atom stereocenters. The van der Waals surface area contributed by atoms with Crippen LogP contribution in [0.15, 0.2) is 78.2 Å².